The van der Waals surface area contributed by atoms with Gasteiger partial charge in [0, 0.05) is 34.6 Å². The smallest absolute Gasteiger partial charge is 0.196 e. The molecular weight excluding hydrogens is 224 g/mol. The van der Waals surface area contributed by atoms with Gasteiger partial charge in [0.25, 0.3) is 0 Å². The molecule has 4 heteroatoms. The molecule has 0 saturated heterocycles. The molecule has 3 rings (SSSR count). The molecule has 1 aliphatic carbocycles. The number of carbonyl (C=O) groups excluding carboxylic acids is 1. The first-order chi connectivity index (χ1) is 8.08. The highest BCUT2D eigenvalue weighted by Crippen LogP contribution is 2.38. The van der Waals surface area contributed by atoms with Gasteiger partial charge in [0.2, 0.25) is 0 Å². The van der Waals surface area contributed by atoms with Gasteiger partial charge < -0.3 is 0 Å². The predicted molar refractivity (Wildman–Crippen MR) is 57.8 cm³/mol. The van der Waals surface area contributed by atoms with Gasteiger partial charge in [0.1, 0.15) is 11.6 Å². The average Bonchev–Trinajstić information content (AvgIpc) is 2.52. The van der Waals surface area contributed by atoms with Crippen molar-refractivity contribution in [2.75, 3.05) is 0 Å². The summed E-state index contributed by atoms with van der Waals surface area (Å²) in [6, 6.07) is 3.49. The fourth-order valence-corrected chi connectivity index (χ4v) is 2.12. The standard InChI is InChI=1S/C13H7F2NO/c1-6-2-8-10(5-16-6)13(17)9-3-7(14)4-11(15)12(8)9/h2-5H,1H3. The van der Waals surface area contributed by atoms with Crippen LogP contribution in [0, 0.1) is 18.6 Å². The Balaban J connectivity index is 2.41. The first kappa shape index (κ1) is 10.1. The summed E-state index contributed by atoms with van der Waals surface area (Å²) in [5.41, 5.74) is 1.76. The Morgan fingerprint density at radius 1 is 1.06 bits per heavy atom. The summed E-state index contributed by atoms with van der Waals surface area (Å²) in [6.07, 6.45) is 1.41. The summed E-state index contributed by atoms with van der Waals surface area (Å²) < 4.78 is 26.8. The number of aromatic nitrogens is 1. The molecule has 84 valence electrons. The Kier molecular flexibility index (Phi) is 1.90. The zero-order chi connectivity index (χ0) is 12.2. The van der Waals surface area contributed by atoms with E-state index in [1.54, 1.807) is 13.0 Å². The highest BCUT2D eigenvalue weighted by atomic mass is 19.1. The molecule has 2 nitrogen and oxygen atoms in total. The number of hydrogen-bond acceptors (Lipinski definition) is 2. The third kappa shape index (κ3) is 1.30. The van der Waals surface area contributed by atoms with Crippen molar-refractivity contribution in [3.63, 3.8) is 0 Å². The molecule has 1 aromatic carbocycles. The molecule has 0 radical (unpaired) electrons. The number of aryl methyl sites for hydroxylation is 1. The van der Waals surface area contributed by atoms with Gasteiger partial charge >= 0.3 is 0 Å². The fraction of sp³-hybridized carbons (Fsp3) is 0.0769. The summed E-state index contributed by atoms with van der Waals surface area (Å²) >= 11 is 0. The summed E-state index contributed by atoms with van der Waals surface area (Å²) in [5, 5.41) is 0. The van der Waals surface area contributed by atoms with Crippen LogP contribution in [0.3, 0.4) is 0 Å². The Labute approximate surface area is 95.9 Å². The minimum Gasteiger partial charge on any atom is -0.289 e. The van der Waals surface area contributed by atoms with Crippen molar-refractivity contribution in [1.82, 2.24) is 4.98 Å². The molecule has 1 aromatic heterocycles. The number of rotatable bonds is 0. The number of hydrogen-bond donors (Lipinski definition) is 0. The second-order valence-electron chi connectivity index (χ2n) is 4.01. The quantitative estimate of drug-likeness (QED) is 0.595. The second-order valence-corrected chi connectivity index (χ2v) is 4.01. The number of halogens is 2. The SMILES string of the molecule is Cc1cc2c(cn1)C(=O)c1cc(F)cc(F)c1-2. The van der Waals surface area contributed by atoms with Gasteiger partial charge in [0.05, 0.1) is 0 Å². The summed E-state index contributed by atoms with van der Waals surface area (Å²) in [6.45, 7) is 1.75. The van der Waals surface area contributed by atoms with E-state index in [0.29, 0.717) is 16.8 Å². The topological polar surface area (TPSA) is 30.0 Å². The Hall–Kier alpha value is -2.10. The highest BCUT2D eigenvalue weighted by Gasteiger charge is 2.30. The normalized spacial score (nSPS) is 12.5. The van der Waals surface area contributed by atoms with Crippen LogP contribution in [-0.2, 0) is 0 Å². The van der Waals surface area contributed by atoms with Crippen molar-refractivity contribution in [3.8, 4) is 11.1 Å². The molecule has 17 heavy (non-hydrogen) atoms. The van der Waals surface area contributed by atoms with Gasteiger partial charge in [-0.15, -0.1) is 0 Å². The van der Waals surface area contributed by atoms with Gasteiger partial charge in [0.15, 0.2) is 5.78 Å². The molecule has 0 atom stereocenters. The van der Waals surface area contributed by atoms with E-state index in [1.165, 1.54) is 6.20 Å². The van der Waals surface area contributed by atoms with Gasteiger partial charge in [-0.2, -0.15) is 0 Å². The van der Waals surface area contributed by atoms with Crippen molar-refractivity contribution in [1.29, 1.82) is 0 Å². The number of fused-ring (bicyclic) bond motifs is 3. The molecule has 0 spiro atoms. The summed E-state index contributed by atoms with van der Waals surface area (Å²) in [4.78, 5) is 15.9. The number of benzene rings is 1. The van der Waals surface area contributed by atoms with E-state index in [0.717, 1.165) is 12.1 Å². The van der Waals surface area contributed by atoms with Crippen LogP contribution in [0.15, 0.2) is 24.4 Å². The van der Waals surface area contributed by atoms with Crippen molar-refractivity contribution in [2.24, 2.45) is 0 Å². The van der Waals surface area contributed by atoms with E-state index < -0.39 is 11.6 Å². The molecular formula is C13H7F2NO. The van der Waals surface area contributed by atoms with Gasteiger partial charge in [-0.05, 0) is 24.6 Å². The van der Waals surface area contributed by atoms with Crippen LogP contribution in [0.25, 0.3) is 11.1 Å². The second kappa shape index (κ2) is 3.20. The van der Waals surface area contributed by atoms with Crippen LogP contribution in [0.4, 0.5) is 8.78 Å². The third-order valence-electron chi connectivity index (χ3n) is 2.85. The number of nitrogens with zero attached hydrogens (tertiary/aromatic N) is 1. The summed E-state index contributed by atoms with van der Waals surface area (Å²) in [7, 11) is 0. The molecule has 0 fully saturated rings. The fourth-order valence-electron chi connectivity index (χ4n) is 2.12. The predicted octanol–water partition coefficient (Wildman–Crippen LogP) is 2.88. The molecule has 0 N–H and O–H groups in total. The number of carbonyl (C=O) groups is 1. The molecule has 0 unspecified atom stereocenters. The third-order valence-corrected chi connectivity index (χ3v) is 2.85. The van der Waals surface area contributed by atoms with Gasteiger partial charge in [-0.1, -0.05) is 0 Å². The largest absolute Gasteiger partial charge is 0.289 e. The highest BCUT2D eigenvalue weighted by molar-refractivity contribution is 6.21. The lowest BCUT2D eigenvalue weighted by Gasteiger charge is -2.02. The molecule has 0 saturated carbocycles. The van der Waals surface area contributed by atoms with Crippen molar-refractivity contribution in [2.45, 2.75) is 6.92 Å². The Morgan fingerprint density at radius 2 is 1.82 bits per heavy atom. The van der Waals surface area contributed by atoms with Crippen LogP contribution in [0.1, 0.15) is 21.6 Å². The van der Waals surface area contributed by atoms with Crippen LogP contribution >= 0.6 is 0 Å². The average molecular weight is 231 g/mol. The van der Waals surface area contributed by atoms with Crippen LogP contribution in [-0.4, -0.2) is 10.8 Å². The molecule has 2 aromatic rings. The maximum absolute atomic E-state index is 13.7. The summed E-state index contributed by atoms with van der Waals surface area (Å²) in [5.74, 6) is -1.83. The number of pyridine rings is 1. The van der Waals surface area contributed by atoms with Crippen molar-refractivity contribution in [3.05, 3.63) is 52.9 Å². The van der Waals surface area contributed by atoms with Gasteiger partial charge in [-0.25, -0.2) is 8.78 Å². The van der Waals surface area contributed by atoms with E-state index in [9.17, 15) is 13.6 Å². The lowest BCUT2D eigenvalue weighted by Crippen LogP contribution is -1.97. The van der Waals surface area contributed by atoms with Gasteiger partial charge in [-0.3, -0.25) is 9.78 Å². The zero-order valence-electron chi connectivity index (χ0n) is 8.92. The van der Waals surface area contributed by atoms with E-state index >= 15 is 0 Å². The first-order valence-electron chi connectivity index (χ1n) is 5.08. The van der Waals surface area contributed by atoms with Crippen LogP contribution in [0.5, 0.6) is 0 Å². The maximum Gasteiger partial charge on any atom is 0.196 e. The molecule has 1 aliphatic rings. The maximum atomic E-state index is 13.7. The zero-order valence-corrected chi connectivity index (χ0v) is 8.92. The Bertz CT molecular complexity index is 665. The van der Waals surface area contributed by atoms with E-state index in [4.69, 9.17) is 0 Å². The van der Waals surface area contributed by atoms with Crippen molar-refractivity contribution < 1.29 is 13.6 Å². The Morgan fingerprint density at radius 3 is 2.59 bits per heavy atom. The first-order valence-corrected chi connectivity index (χ1v) is 5.08. The number of ketones is 1. The van der Waals surface area contributed by atoms with E-state index in [1.807, 2.05) is 0 Å². The monoisotopic (exact) mass is 231 g/mol. The van der Waals surface area contributed by atoms with E-state index in [-0.39, 0.29) is 16.9 Å². The lowest BCUT2D eigenvalue weighted by atomic mass is 10.1. The minimum absolute atomic E-state index is 0.0740. The van der Waals surface area contributed by atoms with Crippen LogP contribution < -0.4 is 0 Å². The minimum atomic E-state index is -0.743. The molecule has 0 bridgehead atoms. The molecule has 1 heterocycles. The molecule has 0 amide bonds. The molecule has 0 aliphatic heterocycles. The van der Waals surface area contributed by atoms with E-state index in [2.05, 4.69) is 4.98 Å². The van der Waals surface area contributed by atoms with Crippen molar-refractivity contribution >= 4 is 5.78 Å². The van der Waals surface area contributed by atoms with Crippen LogP contribution in [0.2, 0.25) is 0 Å². The lowest BCUT2D eigenvalue weighted by molar-refractivity contribution is 0.104.